The van der Waals surface area contributed by atoms with Gasteiger partial charge in [-0.1, -0.05) is 13.8 Å². The summed E-state index contributed by atoms with van der Waals surface area (Å²) in [5, 5.41) is 0. The van der Waals surface area contributed by atoms with E-state index in [1.807, 2.05) is 36.5 Å². The van der Waals surface area contributed by atoms with E-state index in [2.05, 4.69) is 39.3 Å². The Balaban J connectivity index is 1.32. The zero-order chi connectivity index (χ0) is 25.9. The molecule has 0 N–H and O–H groups in total. The molecule has 192 valence electrons. The fourth-order valence-electron chi connectivity index (χ4n) is 5.26. The second-order valence-electron chi connectivity index (χ2n) is 10.3. The smallest absolute Gasteiger partial charge is 0.364 e. The Morgan fingerprint density at radius 3 is 2.41 bits per heavy atom. The van der Waals surface area contributed by atoms with Gasteiger partial charge in [-0.15, -0.1) is 0 Å². The summed E-state index contributed by atoms with van der Waals surface area (Å²) in [5.41, 5.74) is 5.17. The van der Waals surface area contributed by atoms with Crippen molar-refractivity contribution in [2.45, 2.75) is 57.8 Å². The molecule has 0 amide bonds. The van der Waals surface area contributed by atoms with Crippen molar-refractivity contribution in [2.75, 3.05) is 11.4 Å². The minimum absolute atomic E-state index is 0.286. The lowest BCUT2D eigenvalue weighted by Crippen LogP contribution is -2.34. The summed E-state index contributed by atoms with van der Waals surface area (Å²) in [4.78, 5) is 16.0. The highest BCUT2D eigenvalue weighted by Crippen LogP contribution is 2.43. The van der Waals surface area contributed by atoms with Crippen molar-refractivity contribution >= 4 is 5.69 Å². The highest BCUT2D eigenvalue weighted by molar-refractivity contribution is 5.68. The Kier molecular flexibility index (Phi) is 5.62. The van der Waals surface area contributed by atoms with Crippen LogP contribution in [0.15, 0.2) is 48.8 Å². The highest BCUT2D eigenvalue weighted by Gasteiger charge is 2.35. The van der Waals surface area contributed by atoms with E-state index < -0.39 is 11.9 Å². The third-order valence-electron chi connectivity index (χ3n) is 7.28. The summed E-state index contributed by atoms with van der Waals surface area (Å²) in [6, 6.07) is 11.7. The van der Waals surface area contributed by atoms with Crippen LogP contribution in [-0.4, -0.2) is 30.6 Å². The lowest BCUT2D eigenvalue weighted by atomic mass is 10.00. The first-order valence-corrected chi connectivity index (χ1v) is 12.7. The number of rotatable bonds is 5. The van der Waals surface area contributed by atoms with E-state index in [9.17, 15) is 13.2 Å². The van der Waals surface area contributed by atoms with Crippen molar-refractivity contribution in [1.82, 2.24) is 24.1 Å². The zero-order valence-electron chi connectivity index (χ0n) is 21.1. The predicted octanol–water partition coefficient (Wildman–Crippen LogP) is 6.39. The molecule has 2 aliphatic rings. The normalized spacial score (nSPS) is 15.9. The topological polar surface area (TPSA) is 51.8 Å². The van der Waals surface area contributed by atoms with Crippen LogP contribution in [0.25, 0.3) is 22.6 Å². The molecule has 0 atom stereocenters. The van der Waals surface area contributed by atoms with Crippen molar-refractivity contribution in [3.8, 4) is 22.6 Å². The minimum atomic E-state index is -4.46. The van der Waals surface area contributed by atoms with Gasteiger partial charge in [0.2, 0.25) is 0 Å². The summed E-state index contributed by atoms with van der Waals surface area (Å²) in [6.07, 6.45) is 0.782. The van der Waals surface area contributed by atoms with Gasteiger partial charge in [0.15, 0.2) is 5.69 Å². The van der Waals surface area contributed by atoms with E-state index in [-0.39, 0.29) is 5.92 Å². The summed E-state index contributed by atoms with van der Waals surface area (Å²) in [5.74, 6) is 2.31. The Morgan fingerprint density at radius 2 is 1.76 bits per heavy atom. The van der Waals surface area contributed by atoms with E-state index in [1.54, 1.807) is 7.05 Å². The average molecular weight is 507 g/mol. The first kappa shape index (κ1) is 23.8. The predicted molar refractivity (Wildman–Crippen MR) is 136 cm³/mol. The van der Waals surface area contributed by atoms with Crippen LogP contribution in [-0.2, 0) is 26.3 Å². The van der Waals surface area contributed by atoms with Crippen molar-refractivity contribution in [3.05, 3.63) is 71.7 Å². The number of alkyl halides is 3. The Labute approximate surface area is 213 Å². The lowest BCUT2D eigenvalue weighted by Gasteiger charge is -2.31. The molecule has 1 aliphatic heterocycles. The van der Waals surface area contributed by atoms with Crippen LogP contribution >= 0.6 is 0 Å². The molecule has 4 heterocycles. The molecule has 1 aromatic carbocycles. The van der Waals surface area contributed by atoms with Crippen molar-refractivity contribution < 1.29 is 13.2 Å². The van der Waals surface area contributed by atoms with Gasteiger partial charge >= 0.3 is 6.18 Å². The summed E-state index contributed by atoms with van der Waals surface area (Å²) in [7, 11) is 1.58. The Hall–Kier alpha value is -3.62. The standard InChI is InChI=1S/C28H29F3N6/c1-17(2)24-21(5-4-12-32-24)25-22-15-36(13-14-37(22)27(34-25)19-6-7-19)20-10-8-18(9-11-20)26-33-23(16-35(26)3)28(29,30)31/h4-5,8-12,16-17,19H,6-7,13-15H2,1-3H3. The number of benzene rings is 1. The number of hydrogen-bond donors (Lipinski definition) is 0. The van der Waals surface area contributed by atoms with E-state index >= 15 is 0 Å². The second kappa shape index (κ2) is 8.75. The number of fused-ring (bicyclic) bond motifs is 1. The van der Waals surface area contributed by atoms with Gasteiger partial charge in [-0.3, -0.25) is 4.98 Å². The summed E-state index contributed by atoms with van der Waals surface area (Å²) in [6.45, 7) is 6.71. The van der Waals surface area contributed by atoms with Crippen LogP contribution in [0.1, 0.15) is 61.4 Å². The van der Waals surface area contributed by atoms with E-state index in [1.165, 1.54) is 28.9 Å². The molecule has 3 aromatic heterocycles. The zero-order valence-corrected chi connectivity index (χ0v) is 21.1. The van der Waals surface area contributed by atoms with Crippen LogP contribution < -0.4 is 4.90 Å². The van der Waals surface area contributed by atoms with Crippen LogP contribution in [0.4, 0.5) is 18.9 Å². The fraction of sp³-hybridized carbons (Fsp3) is 0.393. The first-order valence-electron chi connectivity index (χ1n) is 12.7. The largest absolute Gasteiger partial charge is 0.434 e. The molecule has 9 heteroatoms. The van der Waals surface area contributed by atoms with Crippen LogP contribution in [0, 0.1) is 0 Å². The number of pyridine rings is 1. The van der Waals surface area contributed by atoms with E-state index in [4.69, 9.17) is 4.98 Å². The van der Waals surface area contributed by atoms with Crippen LogP contribution in [0.2, 0.25) is 0 Å². The minimum Gasteiger partial charge on any atom is -0.364 e. The van der Waals surface area contributed by atoms with Gasteiger partial charge in [-0.2, -0.15) is 13.2 Å². The molecule has 0 unspecified atom stereocenters. The van der Waals surface area contributed by atoms with Gasteiger partial charge in [0.05, 0.1) is 23.6 Å². The van der Waals surface area contributed by atoms with Gasteiger partial charge < -0.3 is 14.0 Å². The van der Waals surface area contributed by atoms with Gasteiger partial charge in [0, 0.05) is 55.3 Å². The van der Waals surface area contributed by atoms with Gasteiger partial charge in [-0.25, -0.2) is 9.97 Å². The number of aryl methyl sites for hydroxylation is 1. The van der Waals surface area contributed by atoms with E-state index in [0.717, 1.165) is 41.9 Å². The van der Waals surface area contributed by atoms with Gasteiger partial charge in [0.25, 0.3) is 0 Å². The molecule has 0 saturated heterocycles. The molecule has 1 saturated carbocycles. The maximum absolute atomic E-state index is 13.1. The number of imidazole rings is 2. The van der Waals surface area contributed by atoms with Crippen LogP contribution in [0.5, 0.6) is 0 Å². The number of anilines is 1. The lowest BCUT2D eigenvalue weighted by molar-refractivity contribution is -0.140. The molecule has 6 nitrogen and oxygen atoms in total. The highest BCUT2D eigenvalue weighted by atomic mass is 19.4. The molecule has 37 heavy (non-hydrogen) atoms. The van der Waals surface area contributed by atoms with E-state index in [0.29, 0.717) is 23.9 Å². The van der Waals surface area contributed by atoms with Gasteiger partial charge in [0.1, 0.15) is 11.6 Å². The Bertz CT molecular complexity index is 1440. The summed E-state index contributed by atoms with van der Waals surface area (Å²) >= 11 is 0. The maximum atomic E-state index is 13.1. The fourth-order valence-corrected chi connectivity index (χ4v) is 5.26. The third-order valence-corrected chi connectivity index (χ3v) is 7.28. The Morgan fingerprint density at radius 1 is 1.00 bits per heavy atom. The summed E-state index contributed by atoms with van der Waals surface area (Å²) < 4.78 is 43.2. The molecule has 1 fully saturated rings. The molecular weight excluding hydrogens is 477 g/mol. The quantitative estimate of drug-likeness (QED) is 0.315. The molecule has 0 spiro atoms. The average Bonchev–Trinajstić information content (AvgIpc) is 3.54. The van der Waals surface area contributed by atoms with Crippen molar-refractivity contribution in [3.63, 3.8) is 0 Å². The molecule has 0 radical (unpaired) electrons. The SMILES string of the molecule is CC(C)c1ncccc1-c1nc(C2CC2)n2c1CN(c1ccc(-c3nc(C(F)(F)F)cn3C)cc1)CC2. The van der Waals surface area contributed by atoms with Crippen LogP contribution in [0.3, 0.4) is 0 Å². The third kappa shape index (κ3) is 4.30. The van der Waals surface area contributed by atoms with Crippen molar-refractivity contribution in [1.29, 1.82) is 0 Å². The molecule has 1 aliphatic carbocycles. The molecule has 4 aromatic rings. The molecular formula is C28H29F3N6. The monoisotopic (exact) mass is 506 g/mol. The second-order valence-corrected chi connectivity index (χ2v) is 10.3. The first-order chi connectivity index (χ1) is 17.7. The maximum Gasteiger partial charge on any atom is 0.434 e. The number of nitrogens with zero attached hydrogens (tertiary/aromatic N) is 6. The van der Waals surface area contributed by atoms with Crippen molar-refractivity contribution in [2.24, 2.45) is 7.05 Å². The number of aromatic nitrogens is 5. The number of halogens is 3. The molecule has 0 bridgehead atoms. The number of hydrogen-bond acceptors (Lipinski definition) is 4. The molecule has 6 rings (SSSR count). The van der Waals surface area contributed by atoms with Gasteiger partial charge in [-0.05, 0) is 55.2 Å².